The predicted molar refractivity (Wildman–Crippen MR) is 161 cm³/mol. The number of fused-ring (bicyclic) bond motifs is 2. The van der Waals surface area contributed by atoms with Gasteiger partial charge in [-0.05, 0) is 79.0 Å². The average Bonchev–Trinajstić information content (AvgIpc) is 3.00. The van der Waals surface area contributed by atoms with Crippen LogP contribution in [-0.2, 0) is 13.0 Å². The number of rotatable bonds is 3. The molecule has 2 aliphatic heterocycles. The number of aromatic nitrogens is 1. The van der Waals surface area contributed by atoms with Crippen LogP contribution in [0.15, 0.2) is 91.1 Å². The lowest BCUT2D eigenvalue weighted by Gasteiger charge is -2.45. The molecule has 2 aliphatic rings. The number of hydrogen-bond donors (Lipinski definition) is 0. The fourth-order valence-electron chi connectivity index (χ4n) is 6.54. The highest BCUT2D eigenvalue weighted by atomic mass is 16.5. The number of aryl methyl sites for hydroxylation is 1. The van der Waals surface area contributed by atoms with Gasteiger partial charge < -0.3 is 9.64 Å². The number of likely N-dealkylation sites (tertiary alicyclic amines) is 1. The highest BCUT2D eigenvalue weighted by Crippen LogP contribution is 2.39. The summed E-state index contributed by atoms with van der Waals surface area (Å²) >= 11 is 0. The molecule has 0 radical (unpaired) electrons. The summed E-state index contributed by atoms with van der Waals surface area (Å²) in [5, 5.41) is 1.02. The van der Waals surface area contributed by atoms with E-state index >= 15 is 0 Å². The number of nitrogens with zero attached hydrogens (tertiary/aromatic N) is 3. The van der Waals surface area contributed by atoms with Crippen LogP contribution in [0.3, 0.4) is 0 Å². The number of pyridine rings is 1. The van der Waals surface area contributed by atoms with Crippen molar-refractivity contribution in [2.45, 2.75) is 45.1 Å². The zero-order valence-corrected chi connectivity index (χ0v) is 23.3. The van der Waals surface area contributed by atoms with Crippen molar-refractivity contribution in [3.63, 3.8) is 0 Å². The van der Waals surface area contributed by atoms with Crippen molar-refractivity contribution in [3.8, 4) is 5.75 Å². The number of carbonyl (C=O) groups is 1. The Hall–Kier alpha value is -3.70. The van der Waals surface area contributed by atoms with Crippen LogP contribution in [0.1, 0.15) is 53.6 Å². The summed E-state index contributed by atoms with van der Waals surface area (Å²) in [6.07, 6.45) is 8.48. The Balaban J connectivity index is 1.19. The van der Waals surface area contributed by atoms with E-state index in [1.54, 1.807) is 6.20 Å². The van der Waals surface area contributed by atoms with Gasteiger partial charge >= 0.3 is 0 Å². The third-order valence-corrected chi connectivity index (χ3v) is 8.81. The highest BCUT2D eigenvalue weighted by molar-refractivity contribution is 5.98. The van der Waals surface area contributed by atoms with Crippen molar-refractivity contribution >= 4 is 16.8 Å². The maximum atomic E-state index is 13.5. The molecular formula is C35H39N3O2. The number of piperidine rings is 1. The monoisotopic (exact) mass is 533 g/mol. The molecule has 3 heterocycles. The Morgan fingerprint density at radius 1 is 0.850 bits per heavy atom. The average molecular weight is 534 g/mol. The molecule has 0 N–H and O–H groups in total. The van der Waals surface area contributed by atoms with Crippen molar-refractivity contribution in [2.24, 2.45) is 5.41 Å². The van der Waals surface area contributed by atoms with Gasteiger partial charge in [0.1, 0.15) is 12.4 Å². The minimum Gasteiger partial charge on any atom is -0.492 e. The molecule has 6 rings (SSSR count). The number of ether oxygens (including phenoxy) is 1. The fraction of sp³-hybridized carbons (Fsp3) is 0.371. The van der Waals surface area contributed by atoms with E-state index in [0.29, 0.717) is 6.61 Å². The largest absolute Gasteiger partial charge is 0.492 e. The second kappa shape index (κ2) is 12.2. The van der Waals surface area contributed by atoms with Crippen LogP contribution in [0.5, 0.6) is 5.75 Å². The first-order valence-corrected chi connectivity index (χ1v) is 14.8. The number of carbonyl (C=O) groups excluding carboxylic acids is 1. The molecule has 5 heteroatoms. The van der Waals surface area contributed by atoms with Crippen LogP contribution < -0.4 is 4.74 Å². The Kier molecular flexibility index (Phi) is 8.10. The molecule has 0 bridgehead atoms. The smallest absolute Gasteiger partial charge is 0.253 e. The number of hydrogen-bond acceptors (Lipinski definition) is 4. The summed E-state index contributed by atoms with van der Waals surface area (Å²) in [5.41, 5.74) is 4.55. The molecule has 1 saturated heterocycles. The zero-order chi connectivity index (χ0) is 27.2. The van der Waals surface area contributed by atoms with Crippen LogP contribution in [-0.4, -0.2) is 53.5 Å². The third kappa shape index (κ3) is 6.20. The molecule has 206 valence electrons. The number of benzene rings is 3. The Morgan fingerprint density at radius 3 is 2.55 bits per heavy atom. The molecule has 0 saturated carbocycles. The zero-order valence-electron chi connectivity index (χ0n) is 23.3. The molecule has 1 amide bonds. The van der Waals surface area contributed by atoms with Gasteiger partial charge in [-0.25, -0.2) is 0 Å². The number of amides is 1. The first kappa shape index (κ1) is 26.5. The maximum absolute atomic E-state index is 13.5. The van der Waals surface area contributed by atoms with Crippen molar-refractivity contribution in [2.75, 3.05) is 32.8 Å². The first-order valence-electron chi connectivity index (χ1n) is 14.8. The lowest BCUT2D eigenvalue weighted by Crippen LogP contribution is -2.48. The van der Waals surface area contributed by atoms with Crippen LogP contribution in [0, 0.1) is 5.41 Å². The molecule has 0 atom stereocenters. The molecule has 0 aliphatic carbocycles. The molecule has 0 unspecified atom stereocenters. The van der Waals surface area contributed by atoms with E-state index in [0.717, 1.165) is 80.6 Å². The minimum absolute atomic E-state index is 0.139. The van der Waals surface area contributed by atoms with Crippen LogP contribution in [0.25, 0.3) is 10.9 Å². The maximum Gasteiger partial charge on any atom is 0.253 e. The Labute approximate surface area is 237 Å². The summed E-state index contributed by atoms with van der Waals surface area (Å²) < 4.78 is 6.33. The minimum atomic E-state index is 0.139. The van der Waals surface area contributed by atoms with Gasteiger partial charge in [0.2, 0.25) is 0 Å². The molecule has 1 fully saturated rings. The highest BCUT2D eigenvalue weighted by Gasteiger charge is 2.37. The van der Waals surface area contributed by atoms with Gasteiger partial charge in [-0.3, -0.25) is 14.7 Å². The third-order valence-electron chi connectivity index (χ3n) is 8.81. The molecule has 3 aromatic carbocycles. The lowest BCUT2D eigenvalue weighted by molar-refractivity contribution is 0.0361. The van der Waals surface area contributed by atoms with E-state index in [1.165, 1.54) is 24.0 Å². The van der Waals surface area contributed by atoms with Crippen molar-refractivity contribution < 1.29 is 9.53 Å². The summed E-state index contributed by atoms with van der Waals surface area (Å²) in [6.45, 7) is 5.14. The van der Waals surface area contributed by atoms with Crippen molar-refractivity contribution in [3.05, 3.63) is 108 Å². The van der Waals surface area contributed by atoms with Gasteiger partial charge in [0.05, 0.1) is 5.52 Å². The van der Waals surface area contributed by atoms with E-state index in [2.05, 4.69) is 69.4 Å². The van der Waals surface area contributed by atoms with Gasteiger partial charge in [0.15, 0.2) is 0 Å². The predicted octanol–water partition coefficient (Wildman–Crippen LogP) is 6.76. The Bertz CT molecular complexity index is 1430. The van der Waals surface area contributed by atoms with Crippen molar-refractivity contribution in [1.82, 2.24) is 14.8 Å². The van der Waals surface area contributed by atoms with Crippen LogP contribution in [0.4, 0.5) is 0 Å². The lowest BCUT2D eigenvalue weighted by atomic mass is 9.73. The van der Waals surface area contributed by atoms with Crippen molar-refractivity contribution in [1.29, 1.82) is 0 Å². The normalized spacial score (nSPS) is 18.4. The summed E-state index contributed by atoms with van der Waals surface area (Å²) in [4.78, 5) is 22.6. The van der Waals surface area contributed by atoms with Crippen LogP contribution in [0.2, 0.25) is 0 Å². The molecule has 40 heavy (non-hydrogen) atoms. The van der Waals surface area contributed by atoms with Gasteiger partial charge in [0, 0.05) is 49.9 Å². The van der Waals surface area contributed by atoms with Gasteiger partial charge in [-0.2, -0.15) is 0 Å². The van der Waals surface area contributed by atoms with E-state index < -0.39 is 0 Å². The van der Waals surface area contributed by atoms with Gasteiger partial charge in [-0.15, -0.1) is 0 Å². The van der Waals surface area contributed by atoms with Gasteiger partial charge in [0.25, 0.3) is 5.91 Å². The number of para-hydroxylation sites is 1. The van der Waals surface area contributed by atoms with E-state index in [4.69, 9.17) is 4.74 Å². The molecule has 5 nitrogen and oxygen atoms in total. The second-order valence-corrected chi connectivity index (χ2v) is 11.6. The SMILES string of the molecule is O=C(c1ccc2ncccc2c1)N1CCC2(CCCCc3ccccc3OCCN(Cc3ccccc3)C2)CC1. The summed E-state index contributed by atoms with van der Waals surface area (Å²) in [6, 6.07) is 29.1. The standard InChI is InChI=1S/C35H39N3O2/c39-34(31-15-16-32-30(25-31)13-8-20-36-32)38-21-18-35(19-22-38)17-7-6-12-29-11-4-5-14-33(29)40-24-23-37(27-35)26-28-9-2-1-3-10-28/h1-5,8-11,13-16,20,25H,6-7,12,17-19,21-24,26-27H2. The molecular weight excluding hydrogens is 494 g/mol. The fourth-order valence-corrected chi connectivity index (χ4v) is 6.54. The Morgan fingerprint density at radius 2 is 1.68 bits per heavy atom. The summed E-state index contributed by atoms with van der Waals surface area (Å²) in [7, 11) is 0. The molecule has 1 aromatic heterocycles. The molecule has 1 spiro atoms. The van der Waals surface area contributed by atoms with E-state index in [-0.39, 0.29) is 11.3 Å². The first-order chi connectivity index (χ1) is 19.7. The van der Waals surface area contributed by atoms with Gasteiger partial charge in [-0.1, -0.05) is 61.0 Å². The quantitative estimate of drug-likeness (QED) is 0.292. The summed E-state index contributed by atoms with van der Waals surface area (Å²) in [5.74, 6) is 1.17. The topological polar surface area (TPSA) is 45.7 Å². The van der Waals surface area contributed by atoms with E-state index in [1.807, 2.05) is 30.3 Å². The molecule has 4 aromatic rings. The second-order valence-electron chi connectivity index (χ2n) is 11.6. The van der Waals surface area contributed by atoms with Crippen LogP contribution >= 0.6 is 0 Å². The van der Waals surface area contributed by atoms with E-state index in [9.17, 15) is 4.79 Å².